The Hall–Kier alpha value is -1.18. The highest BCUT2D eigenvalue weighted by molar-refractivity contribution is 5.87. The molecule has 17 heavy (non-hydrogen) atoms. The molecule has 0 bridgehead atoms. The summed E-state index contributed by atoms with van der Waals surface area (Å²) in [5.41, 5.74) is 5.24. The van der Waals surface area contributed by atoms with Crippen molar-refractivity contribution in [2.75, 3.05) is 46.6 Å². The van der Waals surface area contributed by atoms with Crippen LogP contribution in [-0.2, 0) is 19.1 Å². The number of nitrogens with one attached hydrogen (secondary N) is 1. The van der Waals surface area contributed by atoms with E-state index in [2.05, 4.69) is 5.32 Å². The molecular formula is C10H19N3O4. The summed E-state index contributed by atoms with van der Waals surface area (Å²) >= 11 is 0. The minimum absolute atomic E-state index is 0.0485. The number of carbonyl (C=O) groups is 2. The summed E-state index contributed by atoms with van der Waals surface area (Å²) in [7, 11) is 1.56. The number of nitrogens with two attached hydrogens (primary N) is 1. The molecule has 7 nitrogen and oxygen atoms in total. The lowest BCUT2D eigenvalue weighted by atomic mass is 10.2. The van der Waals surface area contributed by atoms with E-state index in [1.807, 2.05) is 0 Å². The van der Waals surface area contributed by atoms with E-state index < -0.39 is 11.9 Å². The molecule has 0 radical (unpaired) electrons. The molecule has 1 unspecified atom stereocenters. The molecule has 1 aliphatic heterocycles. The molecule has 0 spiro atoms. The predicted octanol–water partition coefficient (Wildman–Crippen LogP) is -2.06. The Morgan fingerprint density at radius 3 is 2.88 bits per heavy atom. The fraction of sp³-hybridized carbons (Fsp3) is 0.800. The Kier molecular flexibility index (Phi) is 5.88. The zero-order valence-electron chi connectivity index (χ0n) is 9.98. The Morgan fingerprint density at radius 1 is 1.47 bits per heavy atom. The maximum atomic E-state index is 11.8. The Morgan fingerprint density at radius 2 is 2.24 bits per heavy atom. The molecule has 0 aliphatic carbocycles. The molecule has 1 saturated heterocycles. The van der Waals surface area contributed by atoms with E-state index in [9.17, 15) is 9.59 Å². The summed E-state index contributed by atoms with van der Waals surface area (Å²) in [6.07, 6.45) is 0. The molecule has 1 rings (SSSR count). The van der Waals surface area contributed by atoms with Gasteiger partial charge in [-0.25, -0.2) is 0 Å². The van der Waals surface area contributed by atoms with Crippen LogP contribution in [0.15, 0.2) is 0 Å². The monoisotopic (exact) mass is 245 g/mol. The predicted molar refractivity (Wildman–Crippen MR) is 60.3 cm³/mol. The zero-order chi connectivity index (χ0) is 12.7. The van der Waals surface area contributed by atoms with E-state index in [4.69, 9.17) is 15.2 Å². The van der Waals surface area contributed by atoms with Gasteiger partial charge in [-0.05, 0) is 0 Å². The van der Waals surface area contributed by atoms with E-state index in [1.165, 1.54) is 4.90 Å². The Labute approximate surface area is 100 Å². The average molecular weight is 245 g/mol. The number of ether oxygens (including phenoxy) is 2. The van der Waals surface area contributed by atoms with Crippen LogP contribution in [0.4, 0.5) is 0 Å². The molecule has 0 aromatic heterocycles. The molecule has 1 atom stereocenters. The molecular weight excluding hydrogens is 226 g/mol. The third-order valence-electron chi connectivity index (χ3n) is 2.55. The van der Waals surface area contributed by atoms with Crippen molar-refractivity contribution in [1.82, 2.24) is 10.2 Å². The fourth-order valence-corrected chi connectivity index (χ4v) is 1.64. The van der Waals surface area contributed by atoms with Crippen molar-refractivity contribution in [2.24, 2.45) is 5.73 Å². The van der Waals surface area contributed by atoms with Gasteiger partial charge >= 0.3 is 0 Å². The average Bonchev–Trinajstić information content (AvgIpc) is 2.34. The minimum Gasteiger partial charge on any atom is -0.382 e. The van der Waals surface area contributed by atoms with Gasteiger partial charge in [0, 0.05) is 26.7 Å². The van der Waals surface area contributed by atoms with Crippen LogP contribution in [0.3, 0.4) is 0 Å². The lowest BCUT2D eigenvalue weighted by Crippen LogP contribution is -2.59. The zero-order valence-corrected chi connectivity index (χ0v) is 9.98. The quantitative estimate of drug-likeness (QED) is 0.525. The van der Waals surface area contributed by atoms with E-state index in [0.717, 1.165) is 0 Å². The van der Waals surface area contributed by atoms with E-state index in [0.29, 0.717) is 32.8 Å². The second-order valence-corrected chi connectivity index (χ2v) is 3.75. The fourth-order valence-electron chi connectivity index (χ4n) is 1.64. The third kappa shape index (κ3) is 4.29. The maximum absolute atomic E-state index is 11.8. The normalized spacial score (nSPS) is 20.3. The van der Waals surface area contributed by atoms with Crippen LogP contribution < -0.4 is 11.1 Å². The van der Waals surface area contributed by atoms with Crippen LogP contribution in [-0.4, -0.2) is 69.3 Å². The molecule has 0 saturated carbocycles. The number of amides is 2. The minimum atomic E-state index is -0.581. The van der Waals surface area contributed by atoms with Crippen LogP contribution in [0.1, 0.15) is 0 Å². The first kappa shape index (κ1) is 13.9. The second kappa shape index (κ2) is 7.21. The van der Waals surface area contributed by atoms with Crippen molar-refractivity contribution >= 4 is 11.8 Å². The first-order valence-corrected chi connectivity index (χ1v) is 5.53. The standard InChI is InChI=1S/C10H19N3O4/c1-16-4-5-17-7-9(14)13-3-2-12-6-8(13)10(11)15/h8,12H,2-7H2,1H3,(H2,11,15). The van der Waals surface area contributed by atoms with Gasteiger partial charge < -0.3 is 25.4 Å². The summed E-state index contributed by atoms with van der Waals surface area (Å²) in [5, 5.41) is 3.02. The molecule has 3 N–H and O–H groups in total. The van der Waals surface area contributed by atoms with Gasteiger partial charge in [-0.15, -0.1) is 0 Å². The van der Waals surface area contributed by atoms with Gasteiger partial charge in [0.25, 0.3) is 0 Å². The largest absolute Gasteiger partial charge is 0.382 e. The summed E-state index contributed by atoms with van der Waals surface area (Å²) in [6, 6.07) is -0.581. The highest BCUT2D eigenvalue weighted by Gasteiger charge is 2.30. The summed E-state index contributed by atoms with van der Waals surface area (Å²) in [5.74, 6) is -0.714. The van der Waals surface area contributed by atoms with Gasteiger partial charge in [-0.3, -0.25) is 9.59 Å². The smallest absolute Gasteiger partial charge is 0.249 e. The van der Waals surface area contributed by atoms with Crippen molar-refractivity contribution in [1.29, 1.82) is 0 Å². The van der Waals surface area contributed by atoms with E-state index >= 15 is 0 Å². The first-order valence-electron chi connectivity index (χ1n) is 5.53. The van der Waals surface area contributed by atoms with Crippen molar-refractivity contribution in [2.45, 2.75) is 6.04 Å². The number of primary amides is 1. The van der Waals surface area contributed by atoms with Gasteiger partial charge in [-0.2, -0.15) is 0 Å². The molecule has 7 heteroatoms. The van der Waals surface area contributed by atoms with Crippen LogP contribution in [0.2, 0.25) is 0 Å². The molecule has 1 heterocycles. The van der Waals surface area contributed by atoms with Crippen LogP contribution >= 0.6 is 0 Å². The van der Waals surface area contributed by atoms with Crippen LogP contribution in [0, 0.1) is 0 Å². The number of methoxy groups -OCH3 is 1. The second-order valence-electron chi connectivity index (χ2n) is 3.75. The molecule has 0 aromatic carbocycles. The van der Waals surface area contributed by atoms with Gasteiger partial charge in [0.15, 0.2) is 0 Å². The molecule has 2 amide bonds. The Balaban J connectivity index is 2.39. The van der Waals surface area contributed by atoms with Gasteiger partial charge in [-0.1, -0.05) is 0 Å². The highest BCUT2D eigenvalue weighted by atomic mass is 16.5. The first-order chi connectivity index (χ1) is 8.16. The summed E-state index contributed by atoms with van der Waals surface area (Å²) in [4.78, 5) is 24.4. The van der Waals surface area contributed by atoms with Crippen molar-refractivity contribution in [3.8, 4) is 0 Å². The molecule has 1 fully saturated rings. The van der Waals surface area contributed by atoms with Gasteiger partial charge in [0.2, 0.25) is 11.8 Å². The van der Waals surface area contributed by atoms with E-state index in [1.54, 1.807) is 7.11 Å². The lowest BCUT2D eigenvalue weighted by Gasteiger charge is -2.34. The van der Waals surface area contributed by atoms with Crippen molar-refractivity contribution in [3.05, 3.63) is 0 Å². The number of nitrogens with zero attached hydrogens (tertiary/aromatic N) is 1. The molecule has 0 aromatic rings. The number of hydrogen-bond acceptors (Lipinski definition) is 5. The molecule has 98 valence electrons. The number of hydrogen-bond donors (Lipinski definition) is 2. The number of rotatable bonds is 6. The van der Waals surface area contributed by atoms with Crippen LogP contribution in [0.25, 0.3) is 0 Å². The van der Waals surface area contributed by atoms with Crippen molar-refractivity contribution in [3.63, 3.8) is 0 Å². The van der Waals surface area contributed by atoms with E-state index in [-0.39, 0.29) is 12.5 Å². The van der Waals surface area contributed by atoms with Crippen LogP contribution in [0.5, 0.6) is 0 Å². The SMILES string of the molecule is COCCOCC(=O)N1CCNCC1C(N)=O. The van der Waals surface area contributed by atoms with Gasteiger partial charge in [0.05, 0.1) is 13.2 Å². The maximum Gasteiger partial charge on any atom is 0.249 e. The van der Waals surface area contributed by atoms with Gasteiger partial charge in [0.1, 0.15) is 12.6 Å². The summed E-state index contributed by atoms with van der Waals surface area (Å²) in [6.45, 7) is 2.28. The number of carbonyl (C=O) groups excluding carboxylic acids is 2. The summed E-state index contributed by atoms with van der Waals surface area (Å²) < 4.78 is 9.92. The number of piperazine rings is 1. The third-order valence-corrected chi connectivity index (χ3v) is 2.55. The lowest BCUT2D eigenvalue weighted by molar-refractivity contribution is -0.144. The van der Waals surface area contributed by atoms with Crippen molar-refractivity contribution < 1.29 is 19.1 Å². The molecule has 1 aliphatic rings. The topological polar surface area (TPSA) is 93.9 Å². The Bertz CT molecular complexity index is 272. The highest BCUT2D eigenvalue weighted by Crippen LogP contribution is 2.03.